The van der Waals surface area contributed by atoms with Gasteiger partial charge in [-0.15, -0.1) is 0 Å². The fourth-order valence-electron chi connectivity index (χ4n) is 1.63. The van der Waals surface area contributed by atoms with E-state index in [-0.39, 0.29) is 5.56 Å². The van der Waals surface area contributed by atoms with E-state index in [0.29, 0.717) is 6.07 Å². The quantitative estimate of drug-likeness (QED) is 0.465. The zero-order chi connectivity index (χ0) is 13.3. The molecule has 6 heteroatoms. The first-order valence-corrected chi connectivity index (χ1v) is 4.89. The van der Waals surface area contributed by atoms with Crippen molar-refractivity contribution in [1.82, 2.24) is 0 Å². The molecule has 0 bridgehead atoms. The number of halogens is 3. The molecule has 0 heterocycles. The van der Waals surface area contributed by atoms with E-state index >= 15 is 0 Å². The molecule has 92 valence electrons. The number of rotatable bonds is 2. The summed E-state index contributed by atoms with van der Waals surface area (Å²) in [5.74, 6) is -4.43. The number of hydrogen-bond donors (Lipinski definition) is 0. The zero-order valence-electron chi connectivity index (χ0n) is 8.86. The Morgan fingerprint density at radius 2 is 1.61 bits per heavy atom. The number of nitrogens with zero attached hydrogens (tertiary/aromatic N) is 1. The molecule has 0 unspecified atom stereocenters. The highest BCUT2D eigenvalue weighted by atomic mass is 19.2. The molecule has 0 aliphatic rings. The van der Waals surface area contributed by atoms with Crippen LogP contribution >= 0.6 is 0 Å². The number of nitro benzene ring substituents is 1. The van der Waals surface area contributed by atoms with Crippen LogP contribution in [0.5, 0.6) is 0 Å². The van der Waals surface area contributed by atoms with Crippen molar-refractivity contribution < 1.29 is 18.1 Å². The van der Waals surface area contributed by atoms with Crippen LogP contribution in [0, 0.1) is 27.6 Å². The molecule has 2 aromatic rings. The van der Waals surface area contributed by atoms with E-state index in [0.717, 1.165) is 0 Å². The summed E-state index contributed by atoms with van der Waals surface area (Å²) in [6.07, 6.45) is 0. The second-order valence-electron chi connectivity index (χ2n) is 3.50. The van der Waals surface area contributed by atoms with Gasteiger partial charge in [0.05, 0.1) is 10.5 Å². The molecule has 0 saturated heterocycles. The van der Waals surface area contributed by atoms with Crippen LogP contribution in [0.15, 0.2) is 36.4 Å². The monoisotopic (exact) mass is 253 g/mol. The third-order valence-corrected chi connectivity index (χ3v) is 2.39. The Hall–Kier alpha value is -2.37. The van der Waals surface area contributed by atoms with Crippen LogP contribution in [0.2, 0.25) is 0 Å². The predicted octanol–water partition coefficient (Wildman–Crippen LogP) is 3.68. The maximum Gasteiger partial charge on any atom is 0.318 e. The van der Waals surface area contributed by atoms with Gasteiger partial charge < -0.3 is 0 Å². The largest absolute Gasteiger partial charge is 0.318 e. The highest BCUT2D eigenvalue weighted by Gasteiger charge is 2.28. The van der Waals surface area contributed by atoms with E-state index in [4.69, 9.17) is 0 Å². The summed E-state index contributed by atoms with van der Waals surface area (Å²) in [6, 6.07) is 7.70. The Morgan fingerprint density at radius 1 is 1.00 bits per heavy atom. The molecule has 0 fully saturated rings. The normalized spacial score (nSPS) is 10.4. The number of benzene rings is 2. The maximum atomic E-state index is 13.6. The fourth-order valence-corrected chi connectivity index (χ4v) is 1.63. The molecule has 2 aromatic carbocycles. The van der Waals surface area contributed by atoms with Crippen molar-refractivity contribution in [3.05, 3.63) is 64.0 Å². The predicted molar refractivity (Wildman–Crippen MR) is 58.4 cm³/mol. The first-order chi connectivity index (χ1) is 8.52. The minimum Gasteiger partial charge on any atom is -0.258 e. The summed E-state index contributed by atoms with van der Waals surface area (Å²) in [5.41, 5.74) is -1.64. The minimum absolute atomic E-state index is 0.112. The Bertz CT molecular complexity index is 614. The van der Waals surface area contributed by atoms with Crippen LogP contribution < -0.4 is 0 Å². The van der Waals surface area contributed by atoms with Crippen LogP contribution in [0.25, 0.3) is 11.1 Å². The van der Waals surface area contributed by atoms with Crippen molar-refractivity contribution in [3.8, 4) is 11.1 Å². The first-order valence-electron chi connectivity index (χ1n) is 4.89. The van der Waals surface area contributed by atoms with Gasteiger partial charge in [0.2, 0.25) is 5.82 Å². The van der Waals surface area contributed by atoms with E-state index in [1.54, 1.807) is 6.07 Å². The number of nitro groups is 1. The van der Waals surface area contributed by atoms with Crippen molar-refractivity contribution in [3.63, 3.8) is 0 Å². The van der Waals surface area contributed by atoms with E-state index < -0.39 is 33.6 Å². The SMILES string of the molecule is O=[N+]([O-])c1c(F)c(F)cc(F)c1-c1ccccc1. The second kappa shape index (κ2) is 4.48. The average Bonchev–Trinajstić information content (AvgIpc) is 2.34. The fraction of sp³-hybridized carbons (Fsp3) is 0. The topological polar surface area (TPSA) is 43.1 Å². The Morgan fingerprint density at radius 3 is 2.17 bits per heavy atom. The lowest BCUT2D eigenvalue weighted by atomic mass is 10.0. The van der Waals surface area contributed by atoms with E-state index in [2.05, 4.69) is 0 Å². The first kappa shape index (κ1) is 12.1. The van der Waals surface area contributed by atoms with E-state index in [1.807, 2.05) is 0 Å². The molecule has 0 radical (unpaired) electrons. The Labute approximate surface area is 99.6 Å². The summed E-state index contributed by atoms with van der Waals surface area (Å²) in [5, 5.41) is 10.8. The molecular weight excluding hydrogens is 247 g/mol. The summed E-state index contributed by atoms with van der Waals surface area (Å²) in [4.78, 5) is 9.62. The highest BCUT2D eigenvalue weighted by molar-refractivity contribution is 5.74. The van der Waals surface area contributed by atoms with Gasteiger partial charge in [-0.2, -0.15) is 4.39 Å². The molecule has 0 saturated carbocycles. The lowest BCUT2D eigenvalue weighted by molar-refractivity contribution is -0.387. The molecule has 0 atom stereocenters. The smallest absolute Gasteiger partial charge is 0.258 e. The van der Waals surface area contributed by atoms with Gasteiger partial charge in [0.15, 0.2) is 5.82 Å². The van der Waals surface area contributed by atoms with Crippen LogP contribution in [0.3, 0.4) is 0 Å². The second-order valence-corrected chi connectivity index (χ2v) is 3.50. The molecule has 0 amide bonds. The third-order valence-electron chi connectivity index (χ3n) is 2.39. The van der Waals surface area contributed by atoms with Gasteiger partial charge in [0.1, 0.15) is 5.82 Å². The van der Waals surface area contributed by atoms with E-state index in [1.165, 1.54) is 24.3 Å². The molecule has 18 heavy (non-hydrogen) atoms. The maximum absolute atomic E-state index is 13.6. The van der Waals surface area contributed by atoms with Crippen molar-refractivity contribution in [1.29, 1.82) is 0 Å². The summed E-state index contributed by atoms with van der Waals surface area (Å²) in [6.45, 7) is 0. The van der Waals surface area contributed by atoms with Crippen molar-refractivity contribution in [2.45, 2.75) is 0 Å². The van der Waals surface area contributed by atoms with Crippen molar-refractivity contribution >= 4 is 5.69 Å². The molecule has 0 N–H and O–H groups in total. The molecular formula is C12H6F3NO2. The van der Waals surface area contributed by atoms with Crippen LogP contribution in [-0.2, 0) is 0 Å². The van der Waals surface area contributed by atoms with Crippen LogP contribution in [0.4, 0.5) is 18.9 Å². The lowest BCUT2D eigenvalue weighted by Crippen LogP contribution is -2.01. The molecule has 2 rings (SSSR count). The Kier molecular flexibility index (Phi) is 3.01. The molecule has 0 aromatic heterocycles. The van der Waals surface area contributed by atoms with Crippen molar-refractivity contribution in [2.75, 3.05) is 0 Å². The van der Waals surface area contributed by atoms with Gasteiger partial charge in [-0.3, -0.25) is 10.1 Å². The van der Waals surface area contributed by atoms with Crippen molar-refractivity contribution in [2.24, 2.45) is 0 Å². The summed E-state index contributed by atoms with van der Waals surface area (Å²) >= 11 is 0. The van der Waals surface area contributed by atoms with Crippen LogP contribution in [0.1, 0.15) is 0 Å². The van der Waals surface area contributed by atoms with E-state index in [9.17, 15) is 23.3 Å². The number of hydrogen-bond acceptors (Lipinski definition) is 2. The lowest BCUT2D eigenvalue weighted by Gasteiger charge is -2.06. The summed E-state index contributed by atoms with van der Waals surface area (Å²) < 4.78 is 40.0. The highest BCUT2D eigenvalue weighted by Crippen LogP contribution is 2.35. The van der Waals surface area contributed by atoms with Gasteiger partial charge in [-0.25, -0.2) is 8.78 Å². The minimum atomic E-state index is -1.67. The van der Waals surface area contributed by atoms with Gasteiger partial charge in [-0.1, -0.05) is 30.3 Å². The zero-order valence-corrected chi connectivity index (χ0v) is 8.86. The van der Waals surface area contributed by atoms with Gasteiger partial charge in [0, 0.05) is 6.07 Å². The van der Waals surface area contributed by atoms with Crippen LogP contribution in [-0.4, -0.2) is 4.92 Å². The average molecular weight is 253 g/mol. The van der Waals surface area contributed by atoms with Gasteiger partial charge >= 0.3 is 5.69 Å². The van der Waals surface area contributed by atoms with Gasteiger partial charge in [-0.05, 0) is 5.56 Å². The molecule has 0 aliphatic carbocycles. The Balaban J connectivity index is 2.82. The molecule has 0 aliphatic heterocycles. The molecule has 3 nitrogen and oxygen atoms in total. The standard InChI is InChI=1S/C12H6F3NO2/c13-8-6-9(14)11(15)12(16(17)18)10(8)7-4-2-1-3-5-7/h1-6H. The third kappa shape index (κ3) is 1.92. The van der Waals surface area contributed by atoms with Gasteiger partial charge in [0.25, 0.3) is 0 Å². The molecule has 0 spiro atoms. The summed E-state index contributed by atoms with van der Waals surface area (Å²) in [7, 11) is 0.